The maximum atomic E-state index is 5.83. The Morgan fingerprint density at radius 1 is 1.21 bits per heavy atom. The van der Waals surface area contributed by atoms with Crippen LogP contribution in [0.15, 0.2) is 46.9 Å². The fraction of sp³-hybridized carbons (Fsp3) is 0.200. The van der Waals surface area contributed by atoms with Gasteiger partial charge < -0.3 is 10.1 Å². The molecule has 0 radical (unpaired) electrons. The minimum atomic E-state index is 0.526. The molecule has 0 spiro atoms. The monoisotopic (exact) mass is 339 g/mol. The normalized spacial score (nSPS) is 10.3. The molecule has 0 aliphatic rings. The quantitative estimate of drug-likeness (QED) is 0.789. The van der Waals surface area contributed by atoms with E-state index in [4.69, 9.17) is 16.3 Å². The zero-order valence-electron chi connectivity index (χ0n) is 10.6. The first-order chi connectivity index (χ1) is 9.22. The second kappa shape index (κ2) is 6.83. The molecule has 4 heteroatoms. The summed E-state index contributed by atoms with van der Waals surface area (Å²) in [7, 11) is 1.67. The first-order valence-corrected chi connectivity index (χ1v) is 7.27. The molecule has 0 amide bonds. The lowest BCUT2D eigenvalue weighted by atomic mass is 10.2. The average Bonchev–Trinajstić information content (AvgIpc) is 2.46. The molecule has 19 heavy (non-hydrogen) atoms. The van der Waals surface area contributed by atoms with Crippen LogP contribution in [-0.2, 0) is 12.4 Å². The second-order valence-corrected chi connectivity index (χ2v) is 5.27. The highest BCUT2D eigenvalue weighted by Gasteiger charge is 2.02. The predicted octanol–water partition coefficient (Wildman–Crippen LogP) is 4.81. The molecule has 0 bridgehead atoms. The summed E-state index contributed by atoms with van der Waals surface area (Å²) in [5.41, 5.74) is 3.32. The molecule has 0 saturated heterocycles. The lowest BCUT2D eigenvalue weighted by Crippen LogP contribution is -2.01. The zero-order chi connectivity index (χ0) is 13.7. The minimum Gasteiger partial charge on any atom is -0.497 e. The van der Waals surface area contributed by atoms with Crippen LogP contribution in [0, 0.1) is 0 Å². The molecule has 2 rings (SSSR count). The van der Waals surface area contributed by atoms with Crippen LogP contribution in [0.3, 0.4) is 0 Å². The van der Waals surface area contributed by atoms with Crippen molar-refractivity contribution in [1.29, 1.82) is 0 Å². The van der Waals surface area contributed by atoms with Gasteiger partial charge in [0.25, 0.3) is 0 Å². The first-order valence-electron chi connectivity index (χ1n) is 5.94. The van der Waals surface area contributed by atoms with Crippen molar-refractivity contribution >= 4 is 33.2 Å². The molecule has 0 atom stereocenters. The summed E-state index contributed by atoms with van der Waals surface area (Å²) in [6.45, 7) is 0.726. The molecule has 0 aliphatic carbocycles. The molecular formula is C15H15BrClNO. The standard InChI is InChI=1S/C15H15BrClNO/c1-19-14-5-6-15(16)12(8-14)10-18-13-4-2-3-11(7-13)9-17/h2-8,18H,9-10H2,1H3. The van der Waals surface area contributed by atoms with Crippen LogP contribution in [0.4, 0.5) is 5.69 Å². The van der Waals surface area contributed by atoms with Crippen molar-refractivity contribution < 1.29 is 4.74 Å². The molecule has 0 heterocycles. The molecule has 0 aromatic heterocycles. The van der Waals surface area contributed by atoms with Crippen LogP contribution in [0.25, 0.3) is 0 Å². The van der Waals surface area contributed by atoms with Gasteiger partial charge in [-0.1, -0.05) is 28.1 Å². The fourth-order valence-electron chi connectivity index (χ4n) is 1.78. The van der Waals surface area contributed by atoms with Gasteiger partial charge in [-0.25, -0.2) is 0 Å². The highest BCUT2D eigenvalue weighted by Crippen LogP contribution is 2.23. The van der Waals surface area contributed by atoms with Crippen molar-refractivity contribution in [3.8, 4) is 5.75 Å². The number of nitrogens with one attached hydrogen (secondary N) is 1. The number of alkyl halides is 1. The van der Waals surface area contributed by atoms with Crippen LogP contribution >= 0.6 is 27.5 Å². The van der Waals surface area contributed by atoms with Crippen LogP contribution in [0.5, 0.6) is 5.75 Å². The summed E-state index contributed by atoms with van der Waals surface area (Å²) < 4.78 is 6.30. The second-order valence-electron chi connectivity index (χ2n) is 4.14. The van der Waals surface area contributed by atoms with E-state index in [1.165, 1.54) is 0 Å². The molecule has 2 aromatic rings. The number of benzene rings is 2. The Kier molecular flexibility index (Phi) is 5.11. The molecule has 0 saturated carbocycles. The summed E-state index contributed by atoms with van der Waals surface area (Å²) >= 11 is 9.37. The molecule has 1 N–H and O–H groups in total. The van der Waals surface area contributed by atoms with Gasteiger partial charge in [-0.2, -0.15) is 0 Å². The smallest absolute Gasteiger partial charge is 0.119 e. The Labute approximate surface area is 126 Å². The number of halogens is 2. The highest BCUT2D eigenvalue weighted by atomic mass is 79.9. The average molecular weight is 341 g/mol. The highest BCUT2D eigenvalue weighted by molar-refractivity contribution is 9.10. The lowest BCUT2D eigenvalue weighted by Gasteiger charge is -2.10. The van der Waals surface area contributed by atoms with Crippen molar-refractivity contribution in [2.24, 2.45) is 0 Å². The summed E-state index contributed by atoms with van der Waals surface area (Å²) in [6.07, 6.45) is 0. The number of hydrogen-bond acceptors (Lipinski definition) is 2. The third-order valence-electron chi connectivity index (χ3n) is 2.82. The van der Waals surface area contributed by atoms with Gasteiger partial charge in [0.15, 0.2) is 0 Å². The summed E-state index contributed by atoms with van der Waals surface area (Å²) in [5, 5.41) is 3.38. The van der Waals surface area contributed by atoms with Gasteiger partial charge in [0.1, 0.15) is 5.75 Å². The molecule has 0 aliphatic heterocycles. The van der Waals surface area contributed by atoms with Gasteiger partial charge in [0.2, 0.25) is 0 Å². The maximum absolute atomic E-state index is 5.83. The van der Waals surface area contributed by atoms with Gasteiger partial charge in [0, 0.05) is 22.6 Å². The van der Waals surface area contributed by atoms with Crippen LogP contribution in [-0.4, -0.2) is 7.11 Å². The molecule has 2 aromatic carbocycles. The Bertz CT molecular complexity index is 560. The SMILES string of the molecule is COc1ccc(Br)c(CNc2cccc(CCl)c2)c1. The zero-order valence-corrected chi connectivity index (χ0v) is 13.0. The van der Waals surface area contributed by atoms with Crippen molar-refractivity contribution in [2.75, 3.05) is 12.4 Å². The summed E-state index contributed by atoms with van der Waals surface area (Å²) in [5.74, 6) is 1.38. The van der Waals surface area contributed by atoms with E-state index in [1.54, 1.807) is 7.11 Å². The number of ether oxygens (including phenoxy) is 1. The number of rotatable bonds is 5. The summed E-state index contributed by atoms with van der Waals surface area (Å²) in [6, 6.07) is 14.0. The van der Waals surface area contributed by atoms with Crippen molar-refractivity contribution in [3.63, 3.8) is 0 Å². The van der Waals surface area contributed by atoms with E-state index in [0.29, 0.717) is 5.88 Å². The van der Waals surface area contributed by atoms with E-state index in [-0.39, 0.29) is 0 Å². The van der Waals surface area contributed by atoms with E-state index >= 15 is 0 Å². The number of methoxy groups -OCH3 is 1. The maximum Gasteiger partial charge on any atom is 0.119 e. The third-order valence-corrected chi connectivity index (χ3v) is 3.90. The third kappa shape index (κ3) is 3.88. The summed E-state index contributed by atoms with van der Waals surface area (Å²) in [4.78, 5) is 0. The Morgan fingerprint density at radius 3 is 2.79 bits per heavy atom. The van der Waals surface area contributed by atoms with E-state index in [2.05, 4.69) is 27.3 Å². The Hall–Kier alpha value is -1.19. The largest absolute Gasteiger partial charge is 0.497 e. The van der Waals surface area contributed by atoms with Crippen molar-refractivity contribution in [2.45, 2.75) is 12.4 Å². The van der Waals surface area contributed by atoms with Gasteiger partial charge in [-0.3, -0.25) is 0 Å². The van der Waals surface area contributed by atoms with E-state index < -0.39 is 0 Å². The topological polar surface area (TPSA) is 21.3 Å². The van der Waals surface area contributed by atoms with Crippen LogP contribution < -0.4 is 10.1 Å². The predicted molar refractivity (Wildman–Crippen MR) is 84.0 cm³/mol. The molecule has 100 valence electrons. The molecule has 0 fully saturated rings. The fourth-order valence-corrected chi connectivity index (χ4v) is 2.33. The number of anilines is 1. The molecule has 2 nitrogen and oxygen atoms in total. The Balaban J connectivity index is 2.09. The molecule has 0 unspecified atom stereocenters. The minimum absolute atomic E-state index is 0.526. The number of hydrogen-bond donors (Lipinski definition) is 1. The lowest BCUT2D eigenvalue weighted by molar-refractivity contribution is 0.414. The van der Waals surface area contributed by atoms with Crippen molar-refractivity contribution in [3.05, 3.63) is 58.1 Å². The first kappa shape index (κ1) is 14.2. The van der Waals surface area contributed by atoms with E-state index in [1.807, 2.05) is 36.4 Å². The van der Waals surface area contributed by atoms with E-state index in [0.717, 1.165) is 33.6 Å². The Morgan fingerprint density at radius 2 is 2.05 bits per heavy atom. The van der Waals surface area contributed by atoms with Crippen molar-refractivity contribution in [1.82, 2.24) is 0 Å². The van der Waals surface area contributed by atoms with Crippen LogP contribution in [0.1, 0.15) is 11.1 Å². The van der Waals surface area contributed by atoms with Gasteiger partial charge >= 0.3 is 0 Å². The van der Waals surface area contributed by atoms with E-state index in [9.17, 15) is 0 Å². The molecular weight excluding hydrogens is 326 g/mol. The van der Waals surface area contributed by atoms with Gasteiger partial charge in [-0.05, 0) is 41.5 Å². The van der Waals surface area contributed by atoms with Crippen LogP contribution in [0.2, 0.25) is 0 Å². The van der Waals surface area contributed by atoms with Gasteiger partial charge in [0.05, 0.1) is 7.11 Å². The van der Waals surface area contributed by atoms with Gasteiger partial charge in [-0.15, -0.1) is 11.6 Å².